The molecule has 4 heteroatoms. The Morgan fingerprint density at radius 2 is 2.04 bits per heavy atom. The largest absolute Gasteiger partial charge is 0.376 e. The molecule has 0 radical (unpaired) electrons. The molecular formula is C22H37ClN2O. The molecule has 2 atom stereocenters. The van der Waals surface area contributed by atoms with E-state index >= 15 is 0 Å². The van der Waals surface area contributed by atoms with Crippen LogP contribution in [0.25, 0.3) is 0 Å². The van der Waals surface area contributed by atoms with Crippen molar-refractivity contribution in [2.75, 3.05) is 40.3 Å². The lowest BCUT2D eigenvalue weighted by Gasteiger charge is -2.39. The van der Waals surface area contributed by atoms with Gasteiger partial charge in [0, 0.05) is 11.6 Å². The average Bonchev–Trinajstić information content (AvgIpc) is 2.57. The number of halogens is 1. The predicted octanol–water partition coefficient (Wildman–Crippen LogP) is 4.64. The molecule has 0 aromatic heterocycles. The van der Waals surface area contributed by atoms with Crippen molar-refractivity contribution in [1.29, 1.82) is 0 Å². The van der Waals surface area contributed by atoms with E-state index in [0.29, 0.717) is 11.8 Å². The number of rotatable bonds is 10. The van der Waals surface area contributed by atoms with E-state index < -0.39 is 0 Å². The highest BCUT2D eigenvalue weighted by atomic mass is 35.5. The Hall–Kier alpha value is -0.610. The second kappa shape index (κ2) is 10.7. The monoisotopic (exact) mass is 380 g/mol. The van der Waals surface area contributed by atoms with E-state index in [1.54, 1.807) is 0 Å². The summed E-state index contributed by atoms with van der Waals surface area (Å²) in [6, 6.07) is 8.32. The highest BCUT2D eigenvalue weighted by Gasteiger charge is 2.33. The molecule has 0 saturated carbocycles. The van der Waals surface area contributed by atoms with Crippen LogP contribution >= 0.6 is 11.6 Å². The number of hydrogen-bond donors (Lipinski definition) is 1. The van der Waals surface area contributed by atoms with Gasteiger partial charge in [0.25, 0.3) is 0 Å². The minimum absolute atomic E-state index is 0.000782. The van der Waals surface area contributed by atoms with Crippen molar-refractivity contribution < 1.29 is 4.74 Å². The number of nitrogens with zero attached hydrogens (tertiary/aromatic N) is 1. The molecule has 0 amide bonds. The molecule has 0 bridgehead atoms. The Labute approximate surface area is 165 Å². The molecule has 0 unspecified atom stereocenters. The van der Waals surface area contributed by atoms with Gasteiger partial charge in [-0.1, -0.05) is 29.8 Å². The van der Waals surface area contributed by atoms with Crippen molar-refractivity contribution in [1.82, 2.24) is 10.2 Å². The summed E-state index contributed by atoms with van der Waals surface area (Å²) < 4.78 is 5.95. The van der Waals surface area contributed by atoms with Crippen molar-refractivity contribution in [2.45, 2.75) is 51.6 Å². The summed E-state index contributed by atoms with van der Waals surface area (Å²) in [5.74, 6) is 1.36. The van der Waals surface area contributed by atoms with Crippen LogP contribution in [0.1, 0.15) is 45.1 Å². The van der Waals surface area contributed by atoms with Gasteiger partial charge in [0.15, 0.2) is 0 Å². The molecule has 0 spiro atoms. The first kappa shape index (κ1) is 21.7. The summed E-state index contributed by atoms with van der Waals surface area (Å²) in [5.41, 5.74) is 1.29. The summed E-state index contributed by atoms with van der Waals surface area (Å²) in [4.78, 5) is 2.24. The third kappa shape index (κ3) is 7.56. The molecule has 1 aromatic carbocycles. The van der Waals surface area contributed by atoms with Crippen LogP contribution in [-0.4, -0.2) is 50.8 Å². The van der Waals surface area contributed by atoms with Crippen LogP contribution in [0.4, 0.5) is 0 Å². The molecule has 0 aliphatic carbocycles. The Morgan fingerprint density at radius 1 is 1.27 bits per heavy atom. The van der Waals surface area contributed by atoms with Gasteiger partial charge < -0.3 is 15.0 Å². The molecule has 1 fully saturated rings. The van der Waals surface area contributed by atoms with E-state index in [9.17, 15) is 0 Å². The smallest absolute Gasteiger partial charge is 0.0629 e. The van der Waals surface area contributed by atoms with Gasteiger partial charge in [-0.25, -0.2) is 0 Å². The fraction of sp³-hybridized carbons (Fsp3) is 0.727. The zero-order valence-corrected chi connectivity index (χ0v) is 17.8. The number of hydrogen-bond acceptors (Lipinski definition) is 3. The zero-order chi connectivity index (χ0) is 19.0. The fourth-order valence-corrected chi connectivity index (χ4v) is 4.28. The second-order valence-electron chi connectivity index (χ2n) is 8.61. The first-order valence-electron chi connectivity index (χ1n) is 10.1. The maximum atomic E-state index is 6.45. The molecular weight excluding hydrogens is 344 g/mol. The fourth-order valence-electron chi connectivity index (χ4n) is 4.06. The second-order valence-corrected chi connectivity index (χ2v) is 9.02. The van der Waals surface area contributed by atoms with Crippen LogP contribution in [-0.2, 0) is 11.2 Å². The molecule has 1 saturated heterocycles. The Bertz CT molecular complexity index is 533. The number of ether oxygens (including phenoxy) is 1. The molecule has 26 heavy (non-hydrogen) atoms. The lowest BCUT2D eigenvalue weighted by atomic mass is 9.75. The molecule has 1 aromatic rings. The van der Waals surface area contributed by atoms with E-state index in [1.807, 2.05) is 12.1 Å². The molecule has 1 N–H and O–H groups in total. The number of nitrogens with one attached hydrogen (secondary N) is 1. The predicted molar refractivity (Wildman–Crippen MR) is 112 cm³/mol. The van der Waals surface area contributed by atoms with Crippen molar-refractivity contribution in [3.05, 3.63) is 34.9 Å². The quantitative estimate of drug-likeness (QED) is 0.598. The topological polar surface area (TPSA) is 24.5 Å². The third-order valence-corrected chi connectivity index (χ3v) is 5.86. The maximum Gasteiger partial charge on any atom is 0.0629 e. The van der Waals surface area contributed by atoms with Crippen molar-refractivity contribution in [2.24, 2.45) is 11.8 Å². The van der Waals surface area contributed by atoms with Crippen LogP contribution in [0.2, 0.25) is 5.02 Å². The maximum absolute atomic E-state index is 6.45. The molecule has 2 rings (SSSR count). The highest BCUT2D eigenvalue weighted by Crippen LogP contribution is 2.37. The van der Waals surface area contributed by atoms with Gasteiger partial charge in [0.2, 0.25) is 0 Å². The van der Waals surface area contributed by atoms with Gasteiger partial charge in [-0.3, -0.25) is 0 Å². The SMILES string of the molecule is CN(C)CCCNCC[C@H](Cc1ccccc1Cl)[C@H]1CCOC(C)(C)C1. The third-order valence-electron chi connectivity index (χ3n) is 5.49. The summed E-state index contributed by atoms with van der Waals surface area (Å²) >= 11 is 6.45. The van der Waals surface area contributed by atoms with Gasteiger partial charge in [0.1, 0.15) is 0 Å². The standard InChI is InChI=1S/C22H37ClN2O/c1-22(2)17-20(11-15-26-22)18(10-13-24-12-7-14-25(3)4)16-19-8-5-6-9-21(19)23/h5-6,8-9,18,20,24H,7,10-17H2,1-4H3/t18-,20+/m1/s1. The Kier molecular flexibility index (Phi) is 8.89. The van der Waals surface area contributed by atoms with E-state index in [1.165, 1.54) is 24.8 Å². The van der Waals surface area contributed by atoms with Crippen molar-refractivity contribution >= 4 is 11.6 Å². The zero-order valence-electron chi connectivity index (χ0n) is 17.1. The Morgan fingerprint density at radius 3 is 2.73 bits per heavy atom. The van der Waals surface area contributed by atoms with Gasteiger partial charge in [-0.05, 0) is 103 Å². The molecule has 148 valence electrons. The van der Waals surface area contributed by atoms with E-state index in [0.717, 1.165) is 44.1 Å². The molecule has 1 aliphatic heterocycles. The summed E-state index contributed by atoms with van der Waals surface area (Å²) in [7, 11) is 4.26. The van der Waals surface area contributed by atoms with Crippen LogP contribution < -0.4 is 5.32 Å². The summed E-state index contributed by atoms with van der Waals surface area (Å²) in [6.07, 6.45) is 5.78. The lowest BCUT2D eigenvalue weighted by molar-refractivity contribution is -0.0830. The minimum Gasteiger partial charge on any atom is -0.376 e. The van der Waals surface area contributed by atoms with Crippen LogP contribution in [0.5, 0.6) is 0 Å². The normalized spacial score (nSPS) is 21.1. The van der Waals surface area contributed by atoms with Crippen molar-refractivity contribution in [3.8, 4) is 0 Å². The van der Waals surface area contributed by atoms with Crippen LogP contribution in [0, 0.1) is 11.8 Å². The summed E-state index contributed by atoms with van der Waals surface area (Å²) in [6.45, 7) is 8.66. The van der Waals surface area contributed by atoms with E-state index in [4.69, 9.17) is 16.3 Å². The first-order chi connectivity index (χ1) is 12.4. The average molecular weight is 381 g/mol. The van der Waals surface area contributed by atoms with Gasteiger partial charge in [-0.15, -0.1) is 0 Å². The van der Waals surface area contributed by atoms with Gasteiger partial charge in [0.05, 0.1) is 5.60 Å². The van der Waals surface area contributed by atoms with Crippen LogP contribution in [0.3, 0.4) is 0 Å². The molecule has 1 aliphatic rings. The van der Waals surface area contributed by atoms with E-state index in [2.05, 4.69) is 50.3 Å². The van der Waals surface area contributed by atoms with Gasteiger partial charge in [-0.2, -0.15) is 0 Å². The molecule has 1 heterocycles. The lowest BCUT2D eigenvalue weighted by Crippen LogP contribution is -2.38. The van der Waals surface area contributed by atoms with Crippen LogP contribution in [0.15, 0.2) is 24.3 Å². The van der Waals surface area contributed by atoms with Gasteiger partial charge >= 0.3 is 0 Å². The minimum atomic E-state index is 0.000782. The highest BCUT2D eigenvalue weighted by molar-refractivity contribution is 6.31. The number of benzene rings is 1. The first-order valence-corrected chi connectivity index (χ1v) is 10.5. The van der Waals surface area contributed by atoms with Crippen molar-refractivity contribution in [3.63, 3.8) is 0 Å². The molecule has 3 nitrogen and oxygen atoms in total. The Balaban J connectivity index is 1.92. The summed E-state index contributed by atoms with van der Waals surface area (Å²) in [5, 5.41) is 4.55. The van der Waals surface area contributed by atoms with E-state index in [-0.39, 0.29) is 5.60 Å².